The second kappa shape index (κ2) is 5.09. The van der Waals surface area contributed by atoms with Crippen LogP contribution in [0.3, 0.4) is 0 Å². The predicted molar refractivity (Wildman–Crippen MR) is 89.9 cm³/mol. The largest absolute Gasteiger partial charge is 0.507 e. The highest BCUT2D eigenvalue weighted by Gasteiger charge is 2.59. The second-order valence-corrected chi connectivity index (χ2v) is 6.81. The van der Waals surface area contributed by atoms with Crippen LogP contribution in [0.4, 0.5) is 11.5 Å². The molecule has 7 heteroatoms. The Bertz CT molecular complexity index is 816. The maximum atomic E-state index is 11.6. The van der Waals surface area contributed by atoms with Crippen LogP contribution in [0.25, 0.3) is 11.3 Å². The van der Waals surface area contributed by atoms with Crippen LogP contribution >= 0.6 is 0 Å². The lowest BCUT2D eigenvalue weighted by Gasteiger charge is -2.35. The van der Waals surface area contributed by atoms with E-state index in [9.17, 15) is 9.90 Å². The molecule has 1 aromatic heterocycles. The first-order chi connectivity index (χ1) is 11.5. The van der Waals surface area contributed by atoms with Gasteiger partial charge in [0.25, 0.3) is 0 Å². The summed E-state index contributed by atoms with van der Waals surface area (Å²) >= 11 is 0. The van der Waals surface area contributed by atoms with Gasteiger partial charge in [-0.3, -0.25) is 4.79 Å². The van der Waals surface area contributed by atoms with Gasteiger partial charge in [0.05, 0.1) is 16.8 Å². The molecule has 1 unspecified atom stereocenters. The van der Waals surface area contributed by atoms with Crippen LogP contribution in [-0.4, -0.2) is 27.3 Å². The Morgan fingerprint density at radius 1 is 1.25 bits per heavy atom. The van der Waals surface area contributed by atoms with Crippen molar-refractivity contribution in [2.75, 3.05) is 11.1 Å². The van der Waals surface area contributed by atoms with E-state index in [0.717, 1.165) is 19.3 Å². The second-order valence-electron chi connectivity index (χ2n) is 6.81. The summed E-state index contributed by atoms with van der Waals surface area (Å²) in [6.07, 6.45) is 2.40. The molecule has 3 aliphatic carbocycles. The molecule has 3 saturated carbocycles. The predicted octanol–water partition coefficient (Wildman–Crippen LogP) is 1.50. The van der Waals surface area contributed by atoms with E-state index in [1.807, 2.05) is 6.07 Å². The summed E-state index contributed by atoms with van der Waals surface area (Å²) in [4.78, 5) is 11.6. The molecular weight excluding hydrogens is 306 g/mol. The van der Waals surface area contributed by atoms with Crippen molar-refractivity contribution in [1.29, 1.82) is 0 Å². The number of aromatic nitrogens is 2. The number of phenols is 1. The number of para-hydroxylation sites is 1. The van der Waals surface area contributed by atoms with E-state index in [0.29, 0.717) is 28.7 Å². The minimum atomic E-state index is -0.349. The average molecular weight is 325 g/mol. The number of phenolic OH excluding ortho intramolecular Hbond substituents is 1. The number of benzene rings is 1. The first kappa shape index (κ1) is 14.7. The molecule has 5 rings (SSSR count). The summed E-state index contributed by atoms with van der Waals surface area (Å²) < 4.78 is 0. The molecule has 3 fully saturated rings. The molecule has 1 heterocycles. The van der Waals surface area contributed by atoms with Crippen LogP contribution < -0.4 is 16.8 Å². The molecular formula is C17H19N5O2. The summed E-state index contributed by atoms with van der Waals surface area (Å²) in [6.45, 7) is 0. The van der Waals surface area contributed by atoms with Crippen LogP contribution in [0.2, 0.25) is 0 Å². The third-order valence-electron chi connectivity index (χ3n) is 5.35. The first-order valence-corrected chi connectivity index (χ1v) is 7.96. The van der Waals surface area contributed by atoms with E-state index in [4.69, 9.17) is 11.5 Å². The molecule has 2 aromatic rings. The summed E-state index contributed by atoms with van der Waals surface area (Å²) in [5.41, 5.74) is 12.9. The van der Waals surface area contributed by atoms with Gasteiger partial charge in [0, 0.05) is 11.6 Å². The number of fused-ring (bicyclic) bond motifs is 1. The number of hydrogen-bond acceptors (Lipinski definition) is 6. The van der Waals surface area contributed by atoms with Crippen LogP contribution in [0.5, 0.6) is 5.75 Å². The highest BCUT2D eigenvalue weighted by atomic mass is 16.3. The molecule has 1 aromatic carbocycles. The van der Waals surface area contributed by atoms with Crippen molar-refractivity contribution in [3.05, 3.63) is 30.3 Å². The molecule has 3 aliphatic rings. The van der Waals surface area contributed by atoms with E-state index in [-0.39, 0.29) is 23.1 Å². The lowest BCUT2D eigenvalue weighted by atomic mass is 9.69. The molecule has 1 amide bonds. The van der Waals surface area contributed by atoms with Gasteiger partial charge in [0.1, 0.15) is 5.75 Å². The van der Waals surface area contributed by atoms with Gasteiger partial charge in [-0.15, -0.1) is 10.2 Å². The lowest BCUT2D eigenvalue weighted by Crippen LogP contribution is -2.41. The minimum absolute atomic E-state index is 0.137. The van der Waals surface area contributed by atoms with Crippen LogP contribution in [0.1, 0.15) is 19.3 Å². The molecule has 0 aliphatic heterocycles. The number of amides is 1. The van der Waals surface area contributed by atoms with Gasteiger partial charge in [-0.05, 0) is 43.4 Å². The number of nitrogens with two attached hydrogens (primary N) is 2. The minimum Gasteiger partial charge on any atom is -0.507 e. The summed E-state index contributed by atoms with van der Waals surface area (Å²) in [7, 11) is 0. The zero-order valence-electron chi connectivity index (χ0n) is 13.1. The zero-order valence-corrected chi connectivity index (χ0v) is 13.1. The summed E-state index contributed by atoms with van der Waals surface area (Å²) in [6, 6.07) is 8.88. The Labute approximate surface area is 139 Å². The Balaban J connectivity index is 1.60. The van der Waals surface area contributed by atoms with E-state index in [1.165, 1.54) is 0 Å². The van der Waals surface area contributed by atoms with Gasteiger partial charge in [-0.1, -0.05) is 12.1 Å². The van der Waals surface area contributed by atoms with Gasteiger partial charge >= 0.3 is 0 Å². The molecule has 7 nitrogen and oxygen atoms in total. The van der Waals surface area contributed by atoms with Crippen molar-refractivity contribution < 1.29 is 9.90 Å². The van der Waals surface area contributed by atoms with Crippen molar-refractivity contribution in [3.8, 4) is 17.0 Å². The fourth-order valence-corrected chi connectivity index (χ4v) is 3.99. The number of hydrogen-bond donors (Lipinski definition) is 4. The number of nitrogens with zero attached hydrogens (tertiary/aromatic N) is 2. The first-order valence-electron chi connectivity index (χ1n) is 7.96. The fourth-order valence-electron chi connectivity index (χ4n) is 3.99. The average Bonchev–Trinajstić information content (AvgIpc) is 3.05. The maximum Gasteiger partial charge on any atom is 0.223 e. The highest BCUT2D eigenvalue weighted by molar-refractivity contribution is 5.83. The number of carbonyl (C=O) groups is 1. The van der Waals surface area contributed by atoms with E-state index in [2.05, 4.69) is 15.5 Å². The molecule has 1 atom stereocenters. The molecule has 0 saturated heterocycles. The third kappa shape index (κ3) is 2.16. The fraction of sp³-hybridized carbons (Fsp3) is 0.353. The van der Waals surface area contributed by atoms with E-state index in [1.54, 1.807) is 24.3 Å². The SMILES string of the molecule is NC(=O)C12CC(C1)C(Nc1cc(-c3ccccc3O)nnc1N)C2. The monoisotopic (exact) mass is 325 g/mol. The van der Waals surface area contributed by atoms with Gasteiger partial charge < -0.3 is 21.9 Å². The van der Waals surface area contributed by atoms with Gasteiger partial charge in [0.15, 0.2) is 5.82 Å². The molecule has 6 N–H and O–H groups in total. The normalized spacial score (nSPS) is 27.5. The van der Waals surface area contributed by atoms with Crippen molar-refractivity contribution in [2.24, 2.45) is 17.1 Å². The Morgan fingerprint density at radius 3 is 2.67 bits per heavy atom. The lowest BCUT2D eigenvalue weighted by molar-refractivity contribution is -0.131. The molecule has 0 spiro atoms. The van der Waals surface area contributed by atoms with Crippen molar-refractivity contribution in [1.82, 2.24) is 10.2 Å². The standard InChI is InChI=1S/C17H19N5O2/c18-15-12(20-13-8-17(16(19)24)6-9(13)7-17)5-11(21-22-15)10-3-1-2-4-14(10)23/h1-5,9,13,23H,6-8H2,(H2,18,22)(H2,19,24)(H,20,21). The topological polar surface area (TPSA) is 127 Å². The zero-order chi connectivity index (χ0) is 16.9. The van der Waals surface area contributed by atoms with Crippen LogP contribution in [-0.2, 0) is 4.79 Å². The molecule has 0 radical (unpaired) electrons. The van der Waals surface area contributed by atoms with Crippen LogP contribution in [0.15, 0.2) is 30.3 Å². The summed E-state index contributed by atoms with van der Waals surface area (Å²) in [5.74, 6) is 0.655. The van der Waals surface area contributed by atoms with Crippen molar-refractivity contribution >= 4 is 17.4 Å². The van der Waals surface area contributed by atoms with Crippen molar-refractivity contribution in [2.45, 2.75) is 25.3 Å². The van der Waals surface area contributed by atoms with E-state index < -0.39 is 0 Å². The van der Waals surface area contributed by atoms with Gasteiger partial charge in [-0.25, -0.2) is 0 Å². The maximum absolute atomic E-state index is 11.6. The number of aromatic hydroxyl groups is 1. The Morgan fingerprint density at radius 2 is 2.00 bits per heavy atom. The molecule has 24 heavy (non-hydrogen) atoms. The van der Waals surface area contributed by atoms with Gasteiger partial charge in [-0.2, -0.15) is 0 Å². The summed E-state index contributed by atoms with van der Waals surface area (Å²) in [5, 5.41) is 21.4. The van der Waals surface area contributed by atoms with E-state index >= 15 is 0 Å². The number of nitrogens with one attached hydrogen (secondary N) is 1. The quantitative estimate of drug-likeness (QED) is 0.674. The number of rotatable bonds is 4. The van der Waals surface area contributed by atoms with Crippen molar-refractivity contribution in [3.63, 3.8) is 0 Å². The Hall–Kier alpha value is -2.83. The number of anilines is 2. The highest BCUT2D eigenvalue weighted by Crippen LogP contribution is 2.59. The third-order valence-corrected chi connectivity index (χ3v) is 5.35. The number of carbonyl (C=O) groups excluding carboxylic acids is 1. The molecule has 2 bridgehead atoms. The number of primary amides is 1. The molecule has 124 valence electrons. The smallest absolute Gasteiger partial charge is 0.223 e. The van der Waals surface area contributed by atoms with Gasteiger partial charge in [0.2, 0.25) is 5.91 Å². The Kier molecular flexibility index (Phi) is 3.13. The number of nitrogen functional groups attached to an aromatic ring is 1. The van der Waals surface area contributed by atoms with Crippen LogP contribution in [0, 0.1) is 11.3 Å².